The van der Waals surface area contributed by atoms with Crippen molar-refractivity contribution in [2.45, 2.75) is 46.6 Å². The Morgan fingerprint density at radius 2 is 1.80 bits per heavy atom. The molecule has 2 heterocycles. The molecule has 6 nitrogen and oxygen atoms in total. The third kappa shape index (κ3) is 4.39. The molecule has 1 aliphatic carbocycles. The predicted octanol–water partition coefficient (Wildman–Crippen LogP) is 5.47. The topological polar surface area (TPSA) is 51.9 Å². The van der Waals surface area contributed by atoms with E-state index in [1.807, 2.05) is 6.07 Å². The zero-order chi connectivity index (χ0) is 24.5. The summed E-state index contributed by atoms with van der Waals surface area (Å²) in [5.41, 5.74) is 10.4. The molecule has 182 valence electrons. The number of hydrogen-bond acceptors (Lipinski definition) is 5. The van der Waals surface area contributed by atoms with Crippen LogP contribution in [0.4, 0.5) is 5.82 Å². The van der Waals surface area contributed by atoms with Crippen molar-refractivity contribution in [2.75, 3.05) is 32.3 Å². The highest BCUT2D eigenvalue weighted by atomic mass is 16.5. The summed E-state index contributed by atoms with van der Waals surface area (Å²) < 4.78 is 13.0. The van der Waals surface area contributed by atoms with E-state index < -0.39 is 0 Å². The average Bonchev–Trinajstić information content (AvgIpc) is 3.45. The van der Waals surface area contributed by atoms with Crippen LogP contribution in [0.5, 0.6) is 5.75 Å². The maximum absolute atomic E-state index is 5.52. The fourth-order valence-corrected chi connectivity index (χ4v) is 5.17. The molecule has 0 fully saturated rings. The maximum Gasteiger partial charge on any atom is 0.165 e. The van der Waals surface area contributed by atoms with Gasteiger partial charge in [0.1, 0.15) is 11.6 Å². The maximum atomic E-state index is 5.52. The fraction of sp³-hybridized carbons (Fsp3) is 0.379. The number of hydrogen-bond donors (Lipinski definition) is 0. The molecule has 1 aliphatic rings. The number of methoxy groups -OCH3 is 2. The summed E-state index contributed by atoms with van der Waals surface area (Å²) in [6, 6.07) is 15.0. The van der Waals surface area contributed by atoms with Crippen molar-refractivity contribution < 1.29 is 9.47 Å². The van der Waals surface area contributed by atoms with Crippen molar-refractivity contribution >= 4 is 11.5 Å². The van der Waals surface area contributed by atoms with Gasteiger partial charge in [-0.3, -0.25) is 0 Å². The Morgan fingerprint density at radius 1 is 1.00 bits per heavy atom. The number of nitrogens with zero attached hydrogens (tertiary/aromatic N) is 4. The van der Waals surface area contributed by atoms with Crippen LogP contribution < -0.4 is 9.64 Å². The second kappa shape index (κ2) is 9.70. The van der Waals surface area contributed by atoms with Gasteiger partial charge >= 0.3 is 0 Å². The molecule has 2 aromatic carbocycles. The Bertz CT molecular complexity index is 1360. The first-order valence-corrected chi connectivity index (χ1v) is 12.4. The SMILES string of the molecule is COCCN(Cc1ccc(C)cc1)c1c2c(nc3c(-c4ccc(OC)cc4C)c(C)nn13)CCC2. The molecule has 2 aromatic heterocycles. The Labute approximate surface area is 207 Å². The zero-order valence-corrected chi connectivity index (χ0v) is 21.4. The van der Waals surface area contributed by atoms with Crippen LogP contribution in [0.2, 0.25) is 0 Å². The standard InChI is InChI=1S/C29H34N4O2/c1-19-9-11-22(12-10-19)18-32(15-16-34-4)29-25-7-6-8-26(25)30-28-27(21(3)31-33(28)29)24-14-13-23(35-5)17-20(24)2/h9-14,17H,6-8,15-16,18H2,1-5H3. The van der Waals surface area contributed by atoms with E-state index in [9.17, 15) is 0 Å². The lowest BCUT2D eigenvalue weighted by atomic mass is 10.0. The highest BCUT2D eigenvalue weighted by Crippen LogP contribution is 2.38. The third-order valence-corrected chi connectivity index (χ3v) is 7.00. The number of aromatic nitrogens is 3. The van der Waals surface area contributed by atoms with Gasteiger partial charge in [0.2, 0.25) is 0 Å². The van der Waals surface area contributed by atoms with Gasteiger partial charge in [-0.15, -0.1) is 0 Å². The van der Waals surface area contributed by atoms with E-state index in [-0.39, 0.29) is 0 Å². The van der Waals surface area contributed by atoms with Crippen LogP contribution in [0.25, 0.3) is 16.8 Å². The Balaban J connectivity index is 1.69. The van der Waals surface area contributed by atoms with E-state index in [0.29, 0.717) is 6.61 Å². The Kier molecular flexibility index (Phi) is 6.48. The van der Waals surface area contributed by atoms with Crippen molar-refractivity contribution in [3.63, 3.8) is 0 Å². The van der Waals surface area contributed by atoms with Gasteiger partial charge in [0.25, 0.3) is 0 Å². The largest absolute Gasteiger partial charge is 0.497 e. The normalized spacial score (nSPS) is 12.8. The van der Waals surface area contributed by atoms with E-state index in [2.05, 4.69) is 66.6 Å². The third-order valence-electron chi connectivity index (χ3n) is 7.00. The van der Waals surface area contributed by atoms with E-state index in [4.69, 9.17) is 19.6 Å². The predicted molar refractivity (Wildman–Crippen MR) is 141 cm³/mol. The number of anilines is 1. The molecule has 0 spiro atoms. The molecule has 0 aliphatic heterocycles. The number of rotatable bonds is 8. The van der Waals surface area contributed by atoms with Crippen LogP contribution in [0, 0.1) is 20.8 Å². The monoisotopic (exact) mass is 470 g/mol. The van der Waals surface area contributed by atoms with E-state index in [0.717, 1.165) is 72.0 Å². The van der Waals surface area contributed by atoms with Gasteiger partial charge in [0.05, 0.1) is 19.4 Å². The smallest absolute Gasteiger partial charge is 0.165 e. The number of ether oxygens (including phenoxy) is 2. The molecule has 0 unspecified atom stereocenters. The summed E-state index contributed by atoms with van der Waals surface area (Å²) in [5, 5.41) is 5.08. The minimum absolute atomic E-state index is 0.648. The van der Waals surface area contributed by atoms with Crippen LogP contribution >= 0.6 is 0 Å². The van der Waals surface area contributed by atoms with Crippen LogP contribution in [-0.2, 0) is 24.1 Å². The van der Waals surface area contributed by atoms with Crippen LogP contribution in [0.15, 0.2) is 42.5 Å². The first-order valence-electron chi connectivity index (χ1n) is 12.4. The molecule has 5 rings (SSSR count). The molecule has 0 saturated heterocycles. The fourth-order valence-electron chi connectivity index (χ4n) is 5.17. The van der Waals surface area contributed by atoms with Crippen LogP contribution in [0.1, 0.15) is 40.1 Å². The Morgan fingerprint density at radius 3 is 2.51 bits per heavy atom. The summed E-state index contributed by atoms with van der Waals surface area (Å²) in [4.78, 5) is 7.61. The molecule has 6 heteroatoms. The van der Waals surface area contributed by atoms with Crippen molar-refractivity contribution in [3.05, 3.63) is 76.1 Å². The van der Waals surface area contributed by atoms with Crippen molar-refractivity contribution in [2.24, 2.45) is 0 Å². The summed E-state index contributed by atoms with van der Waals surface area (Å²) in [6.45, 7) is 8.56. The van der Waals surface area contributed by atoms with Gasteiger partial charge < -0.3 is 14.4 Å². The van der Waals surface area contributed by atoms with Crippen molar-refractivity contribution in [3.8, 4) is 16.9 Å². The van der Waals surface area contributed by atoms with E-state index >= 15 is 0 Å². The van der Waals surface area contributed by atoms with Gasteiger partial charge in [-0.05, 0) is 68.9 Å². The number of aryl methyl sites for hydroxylation is 4. The molecule has 0 amide bonds. The highest BCUT2D eigenvalue weighted by molar-refractivity contribution is 5.83. The molecule has 4 aromatic rings. The summed E-state index contributed by atoms with van der Waals surface area (Å²) in [7, 11) is 3.47. The molecule has 0 saturated carbocycles. The molecule has 0 atom stereocenters. The zero-order valence-electron chi connectivity index (χ0n) is 21.4. The lowest BCUT2D eigenvalue weighted by molar-refractivity contribution is 0.204. The second-order valence-electron chi connectivity index (χ2n) is 9.49. The molecular formula is C29H34N4O2. The molecule has 0 N–H and O–H groups in total. The molecule has 0 radical (unpaired) electrons. The first-order chi connectivity index (χ1) is 17.0. The molecular weight excluding hydrogens is 436 g/mol. The lowest BCUT2D eigenvalue weighted by Gasteiger charge is -2.27. The highest BCUT2D eigenvalue weighted by Gasteiger charge is 2.27. The van der Waals surface area contributed by atoms with E-state index in [1.54, 1.807) is 14.2 Å². The number of benzene rings is 2. The number of fused-ring (bicyclic) bond motifs is 2. The van der Waals surface area contributed by atoms with Crippen molar-refractivity contribution in [1.82, 2.24) is 14.6 Å². The summed E-state index contributed by atoms with van der Waals surface area (Å²) in [6.07, 6.45) is 3.16. The molecule has 0 bridgehead atoms. The summed E-state index contributed by atoms with van der Waals surface area (Å²) >= 11 is 0. The lowest BCUT2D eigenvalue weighted by Crippen LogP contribution is -2.30. The second-order valence-corrected chi connectivity index (χ2v) is 9.49. The summed E-state index contributed by atoms with van der Waals surface area (Å²) in [5.74, 6) is 2.01. The van der Waals surface area contributed by atoms with Gasteiger partial charge in [-0.1, -0.05) is 35.9 Å². The van der Waals surface area contributed by atoms with Gasteiger partial charge in [-0.25, -0.2) is 4.98 Å². The van der Waals surface area contributed by atoms with Gasteiger partial charge in [-0.2, -0.15) is 9.61 Å². The van der Waals surface area contributed by atoms with Gasteiger partial charge in [0.15, 0.2) is 5.65 Å². The van der Waals surface area contributed by atoms with E-state index in [1.165, 1.54) is 22.4 Å². The van der Waals surface area contributed by atoms with Crippen LogP contribution in [0.3, 0.4) is 0 Å². The van der Waals surface area contributed by atoms with Gasteiger partial charge in [0, 0.05) is 37.0 Å². The minimum atomic E-state index is 0.648. The minimum Gasteiger partial charge on any atom is -0.497 e. The first kappa shape index (κ1) is 23.4. The van der Waals surface area contributed by atoms with Crippen molar-refractivity contribution in [1.29, 1.82) is 0 Å². The quantitative estimate of drug-likeness (QED) is 0.342. The van der Waals surface area contributed by atoms with Crippen LogP contribution in [-0.4, -0.2) is 42.0 Å². The Hall–Kier alpha value is -3.38. The molecule has 35 heavy (non-hydrogen) atoms. The average molecular weight is 471 g/mol.